The van der Waals surface area contributed by atoms with Crippen LogP contribution in [0.1, 0.15) is 19.4 Å². The molecule has 4 nitrogen and oxygen atoms in total. The highest BCUT2D eigenvalue weighted by molar-refractivity contribution is 5.92. The SMILES string of the molecule is CCN(CC)c1ccc(NC(=O)CN(C)Cc2ccccc2F)cc1. The summed E-state index contributed by atoms with van der Waals surface area (Å²) in [4.78, 5) is 16.2. The summed E-state index contributed by atoms with van der Waals surface area (Å²) in [6.07, 6.45) is 0. The Morgan fingerprint density at radius 3 is 2.28 bits per heavy atom. The number of amides is 1. The minimum atomic E-state index is -0.248. The third-order valence-corrected chi connectivity index (χ3v) is 4.09. The lowest BCUT2D eigenvalue weighted by Crippen LogP contribution is -2.30. The predicted octanol–water partition coefficient (Wildman–Crippen LogP) is 3.74. The van der Waals surface area contributed by atoms with E-state index in [0.717, 1.165) is 24.5 Å². The zero-order valence-corrected chi connectivity index (χ0v) is 15.1. The van der Waals surface area contributed by atoms with E-state index in [0.29, 0.717) is 12.1 Å². The Hall–Kier alpha value is -2.40. The van der Waals surface area contributed by atoms with Crippen molar-refractivity contribution in [2.45, 2.75) is 20.4 Å². The molecular weight excluding hydrogens is 317 g/mol. The predicted molar refractivity (Wildman–Crippen MR) is 101 cm³/mol. The highest BCUT2D eigenvalue weighted by atomic mass is 19.1. The fraction of sp³-hybridized carbons (Fsp3) is 0.350. The number of hydrogen-bond acceptors (Lipinski definition) is 3. The topological polar surface area (TPSA) is 35.6 Å². The van der Waals surface area contributed by atoms with Crippen molar-refractivity contribution in [1.82, 2.24) is 4.90 Å². The molecule has 5 heteroatoms. The molecule has 134 valence electrons. The lowest BCUT2D eigenvalue weighted by atomic mass is 10.2. The summed E-state index contributed by atoms with van der Waals surface area (Å²) in [5.74, 6) is -0.365. The number of carbonyl (C=O) groups excluding carboxylic acids is 1. The summed E-state index contributed by atoms with van der Waals surface area (Å²) in [5.41, 5.74) is 2.49. The molecule has 0 saturated heterocycles. The molecule has 2 rings (SSSR count). The summed E-state index contributed by atoms with van der Waals surface area (Å²) in [7, 11) is 1.80. The van der Waals surface area contributed by atoms with Crippen molar-refractivity contribution in [1.29, 1.82) is 0 Å². The first-order valence-electron chi connectivity index (χ1n) is 8.60. The number of rotatable bonds is 8. The number of hydrogen-bond donors (Lipinski definition) is 1. The Kier molecular flexibility index (Phi) is 6.95. The van der Waals surface area contributed by atoms with Gasteiger partial charge in [-0.1, -0.05) is 18.2 Å². The van der Waals surface area contributed by atoms with Gasteiger partial charge in [0.15, 0.2) is 0 Å². The lowest BCUT2D eigenvalue weighted by molar-refractivity contribution is -0.117. The van der Waals surface area contributed by atoms with E-state index >= 15 is 0 Å². The number of carbonyl (C=O) groups is 1. The third kappa shape index (κ3) is 5.57. The summed E-state index contributed by atoms with van der Waals surface area (Å²) in [6.45, 7) is 6.72. The van der Waals surface area contributed by atoms with Crippen LogP contribution in [0.5, 0.6) is 0 Å². The Morgan fingerprint density at radius 1 is 1.04 bits per heavy atom. The number of anilines is 2. The maximum Gasteiger partial charge on any atom is 0.238 e. The van der Waals surface area contributed by atoms with Gasteiger partial charge in [0.2, 0.25) is 5.91 Å². The van der Waals surface area contributed by atoms with Gasteiger partial charge in [0.25, 0.3) is 0 Å². The van der Waals surface area contributed by atoms with Crippen LogP contribution in [0.4, 0.5) is 15.8 Å². The molecule has 0 spiro atoms. The van der Waals surface area contributed by atoms with E-state index in [1.165, 1.54) is 6.07 Å². The second kappa shape index (κ2) is 9.18. The first-order valence-corrected chi connectivity index (χ1v) is 8.60. The van der Waals surface area contributed by atoms with E-state index in [4.69, 9.17) is 0 Å². The minimum Gasteiger partial charge on any atom is -0.372 e. The first kappa shape index (κ1) is 18.9. The lowest BCUT2D eigenvalue weighted by Gasteiger charge is -2.21. The van der Waals surface area contributed by atoms with E-state index in [1.807, 2.05) is 24.3 Å². The van der Waals surface area contributed by atoms with Gasteiger partial charge in [0.05, 0.1) is 6.54 Å². The maximum absolute atomic E-state index is 13.7. The van der Waals surface area contributed by atoms with Crippen molar-refractivity contribution in [2.24, 2.45) is 0 Å². The molecule has 0 bridgehead atoms. The summed E-state index contributed by atoms with van der Waals surface area (Å²) in [5, 5.41) is 2.88. The van der Waals surface area contributed by atoms with E-state index in [-0.39, 0.29) is 18.3 Å². The molecule has 0 unspecified atom stereocenters. The van der Waals surface area contributed by atoms with Gasteiger partial charge < -0.3 is 10.2 Å². The largest absolute Gasteiger partial charge is 0.372 e. The first-order chi connectivity index (χ1) is 12.0. The van der Waals surface area contributed by atoms with Crippen molar-refractivity contribution in [3.8, 4) is 0 Å². The third-order valence-electron chi connectivity index (χ3n) is 4.09. The molecule has 1 amide bonds. The van der Waals surface area contributed by atoms with Gasteiger partial charge in [-0.15, -0.1) is 0 Å². The van der Waals surface area contributed by atoms with Gasteiger partial charge in [-0.2, -0.15) is 0 Å². The van der Waals surface area contributed by atoms with Crippen LogP contribution in [0, 0.1) is 5.82 Å². The summed E-state index contributed by atoms with van der Waals surface area (Å²) in [6, 6.07) is 14.4. The smallest absolute Gasteiger partial charge is 0.238 e. The molecule has 0 fully saturated rings. The van der Waals surface area contributed by atoms with Crippen LogP contribution >= 0.6 is 0 Å². The van der Waals surface area contributed by atoms with Crippen LogP contribution < -0.4 is 10.2 Å². The normalized spacial score (nSPS) is 10.8. The van der Waals surface area contributed by atoms with E-state index < -0.39 is 0 Å². The van der Waals surface area contributed by atoms with Gasteiger partial charge >= 0.3 is 0 Å². The highest BCUT2D eigenvalue weighted by Crippen LogP contribution is 2.17. The van der Waals surface area contributed by atoms with E-state index in [9.17, 15) is 9.18 Å². The maximum atomic E-state index is 13.7. The summed E-state index contributed by atoms with van der Waals surface area (Å²) < 4.78 is 13.7. The Morgan fingerprint density at radius 2 is 1.68 bits per heavy atom. The van der Waals surface area contributed by atoms with Crippen molar-refractivity contribution >= 4 is 17.3 Å². The van der Waals surface area contributed by atoms with Crippen LogP contribution in [0.2, 0.25) is 0 Å². The molecule has 0 aliphatic heterocycles. The molecule has 0 heterocycles. The number of nitrogens with zero attached hydrogens (tertiary/aromatic N) is 2. The molecule has 0 radical (unpaired) electrons. The number of nitrogens with one attached hydrogen (secondary N) is 1. The van der Waals surface area contributed by atoms with Crippen LogP contribution in [-0.4, -0.2) is 37.5 Å². The molecule has 0 saturated carbocycles. The Bertz CT molecular complexity index is 684. The van der Waals surface area contributed by atoms with E-state index in [1.54, 1.807) is 30.1 Å². The highest BCUT2D eigenvalue weighted by Gasteiger charge is 2.10. The van der Waals surface area contributed by atoms with Crippen molar-refractivity contribution in [3.63, 3.8) is 0 Å². The van der Waals surface area contributed by atoms with Gasteiger partial charge in [0, 0.05) is 36.6 Å². The Balaban J connectivity index is 1.88. The Labute approximate surface area is 149 Å². The monoisotopic (exact) mass is 343 g/mol. The van der Waals surface area contributed by atoms with Gasteiger partial charge in [-0.3, -0.25) is 9.69 Å². The quantitative estimate of drug-likeness (QED) is 0.793. The fourth-order valence-electron chi connectivity index (χ4n) is 2.76. The van der Waals surface area contributed by atoms with Gasteiger partial charge in [-0.05, 0) is 51.2 Å². The molecule has 0 aliphatic rings. The van der Waals surface area contributed by atoms with Crippen LogP contribution in [0.25, 0.3) is 0 Å². The molecule has 2 aromatic rings. The molecule has 0 aliphatic carbocycles. The standard InChI is InChI=1S/C20H26FN3O/c1-4-24(5-2)18-12-10-17(11-13-18)22-20(25)15-23(3)14-16-8-6-7-9-19(16)21/h6-13H,4-5,14-15H2,1-3H3,(H,22,25). The van der Waals surface area contributed by atoms with Gasteiger partial charge in [-0.25, -0.2) is 4.39 Å². The van der Waals surface area contributed by atoms with Crippen molar-refractivity contribution in [2.75, 3.05) is 36.9 Å². The zero-order valence-electron chi connectivity index (χ0n) is 15.1. The molecule has 1 N–H and O–H groups in total. The minimum absolute atomic E-state index is 0.116. The van der Waals surface area contributed by atoms with Crippen LogP contribution in [0.15, 0.2) is 48.5 Å². The molecular formula is C20H26FN3O. The average Bonchev–Trinajstić information content (AvgIpc) is 2.59. The number of halogens is 1. The van der Waals surface area contributed by atoms with Gasteiger partial charge in [0.1, 0.15) is 5.82 Å². The van der Waals surface area contributed by atoms with Crippen LogP contribution in [0.3, 0.4) is 0 Å². The van der Waals surface area contributed by atoms with E-state index in [2.05, 4.69) is 24.1 Å². The molecule has 25 heavy (non-hydrogen) atoms. The second-order valence-electron chi connectivity index (χ2n) is 6.03. The zero-order chi connectivity index (χ0) is 18.2. The summed E-state index contributed by atoms with van der Waals surface area (Å²) >= 11 is 0. The van der Waals surface area contributed by atoms with Crippen molar-refractivity contribution < 1.29 is 9.18 Å². The van der Waals surface area contributed by atoms with Crippen molar-refractivity contribution in [3.05, 3.63) is 59.9 Å². The molecule has 0 aromatic heterocycles. The number of benzene rings is 2. The van der Waals surface area contributed by atoms with Crippen LogP contribution in [-0.2, 0) is 11.3 Å². The molecule has 2 aromatic carbocycles. The molecule has 0 atom stereocenters. The number of likely N-dealkylation sites (N-methyl/N-ethyl adjacent to an activating group) is 1. The fourth-order valence-corrected chi connectivity index (χ4v) is 2.76. The average molecular weight is 343 g/mol. The second-order valence-corrected chi connectivity index (χ2v) is 6.03.